The standard InChI is InChI=1S/C13H16Cl2N2O2/c1-2-16-12(18)7-17-11-3-4-19-13-9(11)5-8(14)6-10(13)15/h5-6,11,17H,2-4,7H2,1H3,(H,16,18). The van der Waals surface area contributed by atoms with E-state index in [1.165, 1.54) is 0 Å². The van der Waals surface area contributed by atoms with E-state index in [-0.39, 0.29) is 18.5 Å². The minimum Gasteiger partial charge on any atom is -0.492 e. The first-order valence-corrected chi connectivity index (χ1v) is 6.99. The van der Waals surface area contributed by atoms with E-state index in [4.69, 9.17) is 27.9 Å². The second kappa shape index (κ2) is 6.46. The Kier molecular flexibility index (Phi) is 4.91. The average molecular weight is 303 g/mol. The monoisotopic (exact) mass is 302 g/mol. The number of hydrogen-bond donors (Lipinski definition) is 2. The highest BCUT2D eigenvalue weighted by Gasteiger charge is 2.24. The van der Waals surface area contributed by atoms with Gasteiger partial charge in [0.15, 0.2) is 0 Å². The van der Waals surface area contributed by atoms with Crippen molar-refractivity contribution in [2.45, 2.75) is 19.4 Å². The predicted molar refractivity (Wildman–Crippen MR) is 76.0 cm³/mol. The molecule has 4 nitrogen and oxygen atoms in total. The molecule has 1 heterocycles. The smallest absolute Gasteiger partial charge is 0.233 e. The van der Waals surface area contributed by atoms with Gasteiger partial charge in [0.25, 0.3) is 0 Å². The van der Waals surface area contributed by atoms with Crippen molar-refractivity contribution in [1.29, 1.82) is 0 Å². The molecule has 1 amide bonds. The number of fused-ring (bicyclic) bond motifs is 1. The molecular formula is C13H16Cl2N2O2. The normalized spacial score (nSPS) is 17.5. The van der Waals surface area contributed by atoms with Crippen LogP contribution in [0.2, 0.25) is 10.0 Å². The average Bonchev–Trinajstić information content (AvgIpc) is 2.36. The van der Waals surface area contributed by atoms with Crippen molar-refractivity contribution in [3.8, 4) is 5.75 Å². The van der Waals surface area contributed by atoms with Crippen molar-refractivity contribution in [2.24, 2.45) is 0 Å². The zero-order valence-electron chi connectivity index (χ0n) is 10.6. The number of likely N-dealkylation sites (N-methyl/N-ethyl adjacent to an activating group) is 1. The van der Waals surface area contributed by atoms with Crippen LogP contribution in [0.25, 0.3) is 0 Å². The molecule has 0 radical (unpaired) electrons. The Morgan fingerprint density at radius 3 is 3.00 bits per heavy atom. The highest BCUT2D eigenvalue weighted by Crippen LogP contribution is 2.39. The number of carbonyl (C=O) groups excluding carboxylic acids is 1. The molecule has 1 atom stereocenters. The van der Waals surface area contributed by atoms with Crippen LogP contribution in [0.5, 0.6) is 5.75 Å². The lowest BCUT2D eigenvalue weighted by Gasteiger charge is -2.27. The Labute approximate surface area is 122 Å². The zero-order valence-corrected chi connectivity index (χ0v) is 12.1. The van der Waals surface area contributed by atoms with E-state index in [9.17, 15) is 4.79 Å². The van der Waals surface area contributed by atoms with Gasteiger partial charge in [0.2, 0.25) is 5.91 Å². The molecular weight excluding hydrogens is 287 g/mol. The fraction of sp³-hybridized carbons (Fsp3) is 0.462. The molecule has 0 fully saturated rings. The van der Waals surface area contributed by atoms with E-state index in [2.05, 4.69) is 10.6 Å². The molecule has 0 saturated carbocycles. The summed E-state index contributed by atoms with van der Waals surface area (Å²) in [6, 6.07) is 3.52. The van der Waals surface area contributed by atoms with Crippen LogP contribution < -0.4 is 15.4 Å². The van der Waals surface area contributed by atoms with E-state index in [1.807, 2.05) is 13.0 Å². The molecule has 104 valence electrons. The highest BCUT2D eigenvalue weighted by atomic mass is 35.5. The number of ether oxygens (including phenoxy) is 1. The van der Waals surface area contributed by atoms with Gasteiger partial charge in [-0.1, -0.05) is 23.2 Å². The first-order chi connectivity index (χ1) is 9.11. The maximum Gasteiger partial charge on any atom is 0.233 e. The lowest BCUT2D eigenvalue weighted by Crippen LogP contribution is -2.37. The van der Waals surface area contributed by atoms with Crippen LogP contribution in [0.15, 0.2) is 12.1 Å². The number of benzene rings is 1. The summed E-state index contributed by atoms with van der Waals surface area (Å²) in [6.07, 6.45) is 0.781. The van der Waals surface area contributed by atoms with Gasteiger partial charge in [-0.3, -0.25) is 4.79 Å². The molecule has 2 N–H and O–H groups in total. The van der Waals surface area contributed by atoms with E-state index in [0.717, 1.165) is 12.0 Å². The third-order valence-corrected chi connectivity index (χ3v) is 3.45. The largest absolute Gasteiger partial charge is 0.492 e. The third kappa shape index (κ3) is 3.53. The Morgan fingerprint density at radius 1 is 1.47 bits per heavy atom. The van der Waals surface area contributed by atoms with Gasteiger partial charge in [0, 0.05) is 29.6 Å². The van der Waals surface area contributed by atoms with Crippen LogP contribution in [-0.2, 0) is 4.79 Å². The summed E-state index contributed by atoms with van der Waals surface area (Å²) in [5, 5.41) is 7.03. The Hall–Kier alpha value is -0.970. The van der Waals surface area contributed by atoms with Crippen molar-refractivity contribution in [2.75, 3.05) is 19.7 Å². The van der Waals surface area contributed by atoms with Crippen LogP contribution in [-0.4, -0.2) is 25.6 Å². The molecule has 0 aliphatic carbocycles. The lowest BCUT2D eigenvalue weighted by molar-refractivity contribution is -0.120. The van der Waals surface area contributed by atoms with Crippen molar-refractivity contribution < 1.29 is 9.53 Å². The van der Waals surface area contributed by atoms with Crippen molar-refractivity contribution in [1.82, 2.24) is 10.6 Å². The van der Waals surface area contributed by atoms with Crippen LogP contribution in [0.4, 0.5) is 0 Å². The van der Waals surface area contributed by atoms with Gasteiger partial charge >= 0.3 is 0 Å². The quantitative estimate of drug-likeness (QED) is 0.899. The summed E-state index contributed by atoms with van der Waals surface area (Å²) in [6.45, 7) is 3.35. The van der Waals surface area contributed by atoms with E-state index >= 15 is 0 Å². The van der Waals surface area contributed by atoms with Gasteiger partial charge in [-0.2, -0.15) is 0 Å². The molecule has 2 rings (SSSR count). The fourth-order valence-corrected chi connectivity index (χ4v) is 2.68. The van der Waals surface area contributed by atoms with Crippen molar-refractivity contribution in [3.05, 3.63) is 27.7 Å². The van der Waals surface area contributed by atoms with Crippen LogP contribution in [0, 0.1) is 0 Å². The van der Waals surface area contributed by atoms with E-state index in [0.29, 0.717) is 28.9 Å². The summed E-state index contributed by atoms with van der Waals surface area (Å²) < 4.78 is 5.56. The maximum absolute atomic E-state index is 11.5. The fourth-order valence-electron chi connectivity index (χ4n) is 2.11. The highest BCUT2D eigenvalue weighted by molar-refractivity contribution is 6.35. The Balaban J connectivity index is 2.11. The number of amides is 1. The van der Waals surface area contributed by atoms with E-state index in [1.54, 1.807) is 6.07 Å². The molecule has 0 bridgehead atoms. The van der Waals surface area contributed by atoms with Gasteiger partial charge in [-0.25, -0.2) is 0 Å². The van der Waals surface area contributed by atoms with Gasteiger partial charge in [0.05, 0.1) is 18.2 Å². The van der Waals surface area contributed by atoms with Crippen molar-refractivity contribution >= 4 is 29.1 Å². The molecule has 1 aliphatic rings. The minimum absolute atomic E-state index is 0.0244. The number of carbonyl (C=O) groups is 1. The van der Waals surface area contributed by atoms with Crippen molar-refractivity contribution in [3.63, 3.8) is 0 Å². The third-order valence-electron chi connectivity index (χ3n) is 2.95. The second-order valence-corrected chi connectivity index (χ2v) is 5.17. The van der Waals surface area contributed by atoms with Crippen LogP contribution >= 0.6 is 23.2 Å². The topological polar surface area (TPSA) is 50.4 Å². The molecule has 1 unspecified atom stereocenters. The number of nitrogens with one attached hydrogen (secondary N) is 2. The Morgan fingerprint density at radius 2 is 2.26 bits per heavy atom. The molecule has 0 saturated heterocycles. The number of rotatable bonds is 4. The first-order valence-electron chi connectivity index (χ1n) is 6.23. The molecule has 1 aliphatic heterocycles. The predicted octanol–water partition coefficient (Wildman–Crippen LogP) is 2.54. The number of hydrogen-bond acceptors (Lipinski definition) is 3. The van der Waals surface area contributed by atoms with Crippen LogP contribution in [0.3, 0.4) is 0 Å². The SMILES string of the molecule is CCNC(=O)CNC1CCOc2c(Cl)cc(Cl)cc21. The van der Waals surface area contributed by atoms with Gasteiger partial charge in [0.1, 0.15) is 5.75 Å². The molecule has 1 aromatic carbocycles. The molecule has 6 heteroatoms. The summed E-state index contributed by atoms with van der Waals surface area (Å²) in [5.41, 5.74) is 0.910. The summed E-state index contributed by atoms with van der Waals surface area (Å²) >= 11 is 12.1. The molecule has 1 aromatic rings. The molecule has 0 aromatic heterocycles. The minimum atomic E-state index is -0.0244. The molecule has 19 heavy (non-hydrogen) atoms. The van der Waals surface area contributed by atoms with Crippen LogP contribution in [0.1, 0.15) is 24.9 Å². The first kappa shape index (κ1) is 14.4. The summed E-state index contributed by atoms with van der Waals surface area (Å²) in [5.74, 6) is 0.634. The Bertz CT molecular complexity index is 480. The second-order valence-electron chi connectivity index (χ2n) is 4.33. The lowest BCUT2D eigenvalue weighted by atomic mass is 10.0. The zero-order chi connectivity index (χ0) is 13.8. The maximum atomic E-state index is 11.5. The van der Waals surface area contributed by atoms with E-state index < -0.39 is 0 Å². The van der Waals surface area contributed by atoms with Gasteiger partial charge in [-0.05, 0) is 19.1 Å². The number of halogens is 2. The summed E-state index contributed by atoms with van der Waals surface area (Å²) in [4.78, 5) is 11.5. The summed E-state index contributed by atoms with van der Waals surface area (Å²) in [7, 11) is 0. The van der Waals surface area contributed by atoms with Gasteiger partial charge in [-0.15, -0.1) is 0 Å². The molecule has 0 spiro atoms. The van der Waals surface area contributed by atoms with Gasteiger partial charge < -0.3 is 15.4 Å².